The SMILES string of the molecule is Cc1ccccc1N1C(=S)S[C@H]2CS(=O)(=O)C[C@H]21. The second-order valence-electron chi connectivity index (χ2n) is 4.72. The minimum atomic E-state index is -2.90. The molecule has 0 radical (unpaired) electrons. The second-order valence-corrected chi connectivity index (χ2v) is 8.75. The molecule has 6 heteroatoms. The van der Waals surface area contributed by atoms with Crippen molar-refractivity contribution in [2.24, 2.45) is 0 Å². The molecular formula is C12H13NO2S3. The van der Waals surface area contributed by atoms with E-state index in [-0.39, 0.29) is 22.8 Å². The molecule has 0 amide bonds. The normalized spacial score (nSPS) is 29.6. The fourth-order valence-corrected chi connectivity index (χ4v) is 6.94. The molecule has 3 nitrogen and oxygen atoms in total. The molecule has 0 N–H and O–H groups in total. The number of rotatable bonds is 1. The summed E-state index contributed by atoms with van der Waals surface area (Å²) in [6.45, 7) is 2.03. The first-order chi connectivity index (χ1) is 8.48. The van der Waals surface area contributed by atoms with Crippen molar-refractivity contribution >= 4 is 43.8 Å². The summed E-state index contributed by atoms with van der Waals surface area (Å²) in [7, 11) is -2.90. The van der Waals surface area contributed by atoms with Crippen LogP contribution in [0.15, 0.2) is 24.3 Å². The van der Waals surface area contributed by atoms with Crippen molar-refractivity contribution in [3.63, 3.8) is 0 Å². The molecule has 1 aromatic carbocycles. The van der Waals surface area contributed by atoms with Crippen LogP contribution in [-0.4, -0.2) is 35.5 Å². The van der Waals surface area contributed by atoms with Gasteiger partial charge in [0.25, 0.3) is 0 Å². The second kappa shape index (κ2) is 4.21. The van der Waals surface area contributed by atoms with E-state index in [0.717, 1.165) is 15.6 Å². The van der Waals surface area contributed by atoms with E-state index in [0.29, 0.717) is 0 Å². The zero-order valence-electron chi connectivity index (χ0n) is 9.87. The first-order valence-electron chi connectivity index (χ1n) is 5.74. The highest BCUT2D eigenvalue weighted by Crippen LogP contribution is 2.41. The number of thioether (sulfide) groups is 1. The third-order valence-corrected chi connectivity index (χ3v) is 7.02. The highest BCUT2D eigenvalue weighted by atomic mass is 32.2. The van der Waals surface area contributed by atoms with Crippen LogP contribution >= 0.6 is 24.0 Å². The fraction of sp³-hybridized carbons (Fsp3) is 0.417. The first-order valence-corrected chi connectivity index (χ1v) is 8.85. The summed E-state index contributed by atoms with van der Waals surface area (Å²) in [6, 6.07) is 7.99. The van der Waals surface area contributed by atoms with Crippen LogP contribution in [0.1, 0.15) is 5.56 Å². The number of hydrogen-bond acceptors (Lipinski definition) is 4. The molecule has 2 aliphatic heterocycles. The lowest BCUT2D eigenvalue weighted by Gasteiger charge is -2.25. The Labute approximate surface area is 116 Å². The zero-order valence-corrected chi connectivity index (χ0v) is 12.3. The number of nitrogens with zero attached hydrogens (tertiary/aromatic N) is 1. The molecule has 3 rings (SSSR count). The quantitative estimate of drug-likeness (QED) is 0.742. The average Bonchev–Trinajstić information content (AvgIpc) is 2.70. The number of benzene rings is 1. The first kappa shape index (κ1) is 12.4. The van der Waals surface area contributed by atoms with Gasteiger partial charge in [-0.2, -0.15) is 0 Å². The van der Waals surface area contributed by atoms with Crippen molar-refractivity contribution in [2.75, 3.05) is 16.4 Å². The van der Waals surface area contributed by atoms with Gasteiger partial charge in [-0.3, -0.25) is 0 Å². The van der Waals surface area contributed by atoms with Crippen molar-refractivity contribution in [3.05, 3.63) is 29.8 Å². The molecule has 18 heavy (non-hydrogen) atoms. The van der Waals surface area contributed by atoms with E-state index in [2.05, 4.69) is 0 Å². The lowest BCUT2D eigenvalue weighted by Crippen LogP contribution is -2.37. The summed E-state index contributed by atoms with van der Waals surface area (Å²) in [6.07, 6.45) is 0. The summed E-state index contributed by atoms with van der Waals surface area (Å²) >= 11 is 6.93. The zero-order chi connectivity index (χ0) is 12.9. The highest BCUT2D eigenvalue weighted by Gasteiger charge is 2.48. The molecule has 0 bridgehead atoms. The lowest BCUT2D eigenvalue weighted by molar-refractivity contribution is 0.601. The Hall–Kier alpha value is -0.590. The molecule has 0 unspecified atom stereocenters. The van der Waals surface area contributed by atoms with Gasteiger partial charge >= 0.3 is 0 Å². The van der Waals surface area contributed by atoms with Crippen LogP contribution in [0.25, 0.3) is 0 Å². The highest BCUT2D eigenvalue weighted by molar-refractivity contribution is 8.24. The Bertz CT molecular complexity index is 612. The number of para-hydroxylation sites is 1. The maximum absolute atomic E-state index is 11.7. The molecule has 0 aliphatic carbocycles. The minimum Gasteiger partial charge on any atom is -0.322 e. The third-order valence-electron chi connectivity index (χ3n) is 3.43. The van der Waals surface area contributed by atoms with E-state index >= 15 is 0 Å². The summed E-state index contributed by atoms with van der Waals surface area (Å²) < 4.78 is 24.3. The Kier molecular flexibility index (Phi) is 2.91. The molecule has 0 saturated carbocycles. The molecule has 96 valence electrons. The van der Waals surface area contributed by atoms with E-state index in [1.165, 1.54) is 11.8 Å². The Morgan fingerprint density at radius 2 is 2.06 bits per heavy atom. The predicted molar refractivity (Wildman–Crippen MR) is 80.1 cm³/mol. The van der Waals surface area contributed by atoms with Gasteiger partial charge in [0.2, 0.25) is 0 Å². The van der Waals surface area contributed by atoms with Crippen LogP contribution in [0.3, 0.4) is 0 Å². The van der Waals surface area contributed by atoms with Gasteiger partial charge in [-0.15, -0.1) is 0 Å². The van der Waals surface area contributed by atoms with Gasteiger partial charge in [-0.25, -0.2) is 8.42 Å². The van der Waals surface area contributed by atoms with E-state index in [1.807, 2.05) is 36.1 Å². The van der Waals surface area contributed by atoms with Gasteiger partial charge in [0.1, 0.15) is 4.32 Å². The van der Waals surface area contributed by atoms with Gasteiger partial charge in [-0.05, 0) is 18.6 Å². The topological polar surface area (TPSA) is 37.4 Å². The van der Waals surface area contributed by atoms with E-state index in [9.17, 15) is 8.42 Å². The van der Waals surface area contributed by atoms with Crippen molar-refractivity contribution < 1.29 is 8.42 Å². The maximum Gasteiger partial charge on any atom is 0.153 e. The number of aryl methyl sites for hydroxylation is 1. The number of thiocarbonyl (C=S) groups is 1. The molecule has 2 saturated heterocycles. The minimum absolute atomic E-state index is 0.00796. The monoisotopic (exact) mass is 299 g/mol. The summed E-state index contributed by atoms with van der Waals surface area (Å²) in [5.41, 5.74) is 2.17. The van der Waals surface area contributed by atoms with Crippen LogP contribution < -0.4 is 4.90 Å². The summed E-state index contributed by atoms with van der Waals surface area (Å²) in [4.78, 5) is 2.03. The van der Waals surface area contributed by atoms with Gasteiger partial charge in [-0.1, -0.05) is 42.2 Å². The summed E-state index contributed by atoms with van der Waals surface area (Å²) in [5, 5.41) is 0.0992. The predicted octanol–water partition coefficient (Wildman–Crippen LogP) is 2.00. The van der Waals surface area contributed by atoms with E-state index < -0.39 is 9.84 Å². The number of sulfone groups is 1. The molecule has 0 spiro atoms. The van der Waals surface area contributed by atoms with Crippen molar-refractivity contribution in [1.29, 1.82) is 0 Å². The maximum atomic E-state index is 11.7. The number of anilines is 1. The third kappa shape index (κ3) is 1.96. The standard InChI is InChI=1S/C12H13NO2S3/c1-8-4-2-3-5-9(8)13-10-6-18(14,15)7-11(10)17-12(13)16/h2-5,10-11H,6-7H2,1H3/t10-,11+/m1/s1. The van der Waals surface area contributed by atoms with Crippen LogP contribution in [-0.2, 0) is 9.84 Å². The van der Waals surface area contributed by atoms with Gasteiger partial charge in [0.15, 0.2) is 9.84 Å². The molecule has 1 aromatic rings. The molecule has 2 aliphatic rings. The van der Waals surface area contributed by atoms with Crippen LogP contribution in [0.5, 0.6) is 0 Å². The Morgan fingerprint density at radius 1 is 1.33 bits per heavy atom. The van der Waals surface area contributed by atoms with Crippen molar-refractivity contribution in [3.8, 4) is 0 Å². The lowest BCUT2D eigenvalue weighted by atomic mass is 10.1. The van der Waals surface area contributed by atoms with Crippen molar-refractivity contribution in [2.45, 2.75) is 18.2 Å². The smallest absolute Gasteiger partial charge is 0.153 e. The van der Waals surface area contributed by atoms with E-state index in [1.54, 1.807) is 0 Å². The van der Waals surface area contributed by atoms with Gasteiger partial charge < -0.3 is 4.90 Å². The molecule has 2 heterocycles. The van der Waals surface area contributed by atoms with Crippen LogP contribution in [0.4, 0.5) is 5.69 Å². The van der Waals surface area contributed by atoms with Gasteiger partial charge in [0, 0.05) is 10.9 Å². The number of fused-ring (bicyclic) bond motifs is 1. The molecule has 0 aromatic heterocycles. The molecular weight excluding hydrogens is 286 g/mol. The Balaban J connectivity index is 2.02. The van der Waals surface area contributed by atoms with E-state index in [4.69, 9.17) is 12.2 Å². The molecule has 2 fully saturated rings. The Morgan fingerprint density at radius 3 is 2.78 bits per heavy atom. The average molecular weight is 299 g/mol. The fourth-order valence-electron chi connectivity index (χ4n) is 2.58. The van der Waals surface area contributed by atoms with Crippen LogP contribution in [0, 0.1) is 6.92 Å². The molecule has 2 atom stereocenters. The number of hydrogen-bond donors (Lipinski definition) is 0. The van der Waals surface area contributed by atoms with Gasteiger partial charge in [0.05, 0.1) is 17.5 Å². The van der Waals surface area contributed by atoms with Crippen LogP contribution in [0.2, 0.25) is 0 Å². The van der Waals surface area contributed by atoms with Crippen molar-refractivity contribution in [1.82, 2.24) is 0 Å². The summed E-state index contributed by atoms with van der Waals surface area (Å²) in [5.74, 6) is 0.476. The largest absolute Gasteiger partial charge is 0.322 e.